The monoisotopic (exact) mass is 450 g/mol. The molecule has 0 unspecified atom stereocenters. The van der Waals surface area contributed by atoms with E-state index < -0.39 is 5.54 Å². The third-order valence-electron chi connectivity index (χ3n) is 7.65. The highest BCUT2D eigenvalue weighted by Gasteiger charge is 2.43. The maximum Gasteiger partial charge on any atom is 0.317 e. The summed E-state index contributed by atoms with van der Waals surface area (Å²) in [5.74, 6) is -0.219. The van der Waals surface area contributed by atoms with E-state index in [0.717, 1.165) is 50.6 Å². The van der Waals surface area contributed by atoms with Gasteiger partial charge in [-0.05, 0) is 56.9 Å². The predicted molar refractivity (Wildman–Crippen MR) is 127 cm³/mol. The Hall–Kier alpha value is -2.96. The Morgan fingerprint density at radius 2 is 1.79 bits per heavy atom. The molecule has 1 saturated carbocycles. The number of para-hydroxylation sites is 2. The van der Waals surface area contributed by atoms with Crippen LogP contribution in [0, 0.1) is 0 Å². The van der Waals surface area contributed by atoms with Crippen LogP contribution in [0.1, 0.15) is 64.0 Å². The number of nitrogens with one attached hydrogen (secondary N) is 2. The van der Waals surface area contributed by atoms with Crippen LogP contribution in [-0.2, 0) is 15.1 Å². The number of likely N-dealkylation sites (tertiary alicyclic amines) is 1. The maximum atomic E-state index is 13.3. The van der Waals surface area contributed by atoms with Crippen molar-refractivity contribution in [3.05, 3.63) is 48.3 Å². The lowest BCUT2D eigenvalue weighted by Gasteiger charge is -2.47. The van der Waals surface area contributed by atoms with Crippen molar-refractivity contribution in [3.63, 3.8) is 0 Å². The smallest absolute Gasteiger partial charge is 0.317 e. The van der Waals surface area contributed by atoms with Crippen LogP contribution < -0.4 is 10.6 Å². The number of aromatic nitrogens is 1. The molecule has 1 aromatic heterocycles. The molecule has 2 N–H and O–H groups in total. The van der Waals surface area contributed by atoms with E-state index >= 15 is 0 Å². The molecular formula is C26H34N4O3. The van der Waals surface area contributed by atoms with Crippen molar-refractivity contribution in [1.29, 1.82) is 0 Å². The number of hydrogen-bond acceptors (Lipinski definition) is 4. The number of hydrogen-bond donors (Lipinski definition) is 2. The van der Waals surface area contributed by atoms with Gasteiger partial charge in [-0.1, -0.05) is 31.4 Å². The third kappa shape index (κ3) is 4.09. The number of urea groups is 1. The maximum absolute atomic E-state index is 13.3. The Labute approximate surface area is 195 Å². The van der Waals surface area contributed by atoms with Crippen LogP contribution in [0.3, 0.4) is 0 Å². The number of carbonyl (C=O) groups excluding carboxylic acids is 2. The number of amides is 2. The number of carbonyl (C=O) groups is 2. The highest BCUT2D eigenvalue weighted by atomic mass is 16.5. The lowest BCUT2D eigenvalue weighted by molar-refractivity contribution is -0.145. The zero-order valence-electron chi connectivity index (χ0n) is 19.4. The summed E-state index contributed by atoms with van der Waals surface area (Å²) in [7, 11) is 0. The van der Waals surface area contributed by atoms with Gasteiger partial charge in [0.25, 0.3) is 0 Å². The van der Waals surface area contributed by atoms with Crippen LogP contribution in [0.2, 0.25) is 0 Å². The van der Waals surface area contributed by atoms with Crippen molar-refractivity contribution in [2.45, 2.75) is 69.4 Å². The quantitative estimate of drug-likeness (QED) is 0.670. The van der Waals surface area contributed by atoms with E-state index in [4.69, 9.17) is 4.74 Å². The van der Waals surface area contributed by atoms with E-state index in [-0.39, 0.29) is 24.0 Å². The number of anilines is 1. The van der Waals surface area contributed by atoms with Gasteiger partial charge >= 0.3 is 12.0 Å². The number of fused-ring (bicyclic) bond motifs is 4. The molecule has 7 heteroatoms. The van der Waals surface area contributed by atoms with Gasteiger partial charge in [0, 0.05) is 25.0 Å². The molecule has 0 bridgehead atoms. The van der Waals surface area contributed by atoms with Gasteiger partial charge in [0.05, 0.1) is 35.5 Å². The van der Waals surface area contributed by atoms with Gasteiger partial charge in [0.2, 0.25) is 0 Å². The van der Waals surface area contributed by atoms with Crippen LogP contribution in [0.5, 0.6) is 0 Å². The summed E-state index contributed by atoms with van der Waals surface area (Å²) in [5, 5.41) is 7.08. The predicted octanol–water partition coefficient (Wildman–Crippen LogP) is 4.56. The van der Waals surface area contributed by atoms with Crippen LogP contribution >= 0.6 is 0 Å². The van der Waals surface area contributed by atoms with Gasteiger partial charge in [0.1, 0.15) is 0 Å². The number of esters is 1. The first-order valence-electron chi connectivity index (χ1n) is 12.3. The second-order valence-corrected chi connectivity index (χ2v) is 9.73. The summed E-state index contributed by atoms with van der Waals surface area (Å²) in [6.45, 7) is 3.53. The van der Waals surface area contributed by atoms with E-state index in [1.54, 1.807) is 0 Å². The van der Waals surface area contributed by atoms with Crippen LogP contribution in [0.25, 0.3) is 5.69 Å². The Bertz CT molecular complexity index is 1020. The number of nitrogens with zero attached hydrogens (tertiary/aromatic N) is 2. The van der Waals surface area contributed by atoms with E-state index in [9.17, 15) is 9.59 Å². The zero-order valence-corrected chi connectivity index (χ0v) is 19.4. The van der Waals surface area contributed by atoms with E-state index in [1.165, 1.54) is 11.4 Å². The van der Waals surface area contributed by atoms with Crippen LogP contribution in [-0.4, -0.2) is 46.7 Å². The third-order valence-corrected chi connectivity index (χ3v) is 7.65. The molecule has 2 aromatic rings. The number of benzene rings is 1. The molecule has 3 heterocycles. The first kappa shape index (κ1) is 21.9. The van der Waals surface area contributed by atoms with Gasteiger partial charge in [-0.2, -0.15) is 0 Å². The summed E-state index contributed by atoms with van der Waals surface area (Å²) in [6.07, 6.45) is 8.94. The summed E-state index contributed by atoms with van der Waals surface area (Å²) < 4.78 is 7.49. The molecule has 176 valence electrons. The van der Waals surface area contributed by atoms with Crippen molar-refractivity contribution in [3.8, 4) is 5.69 Å². The summed E-state index contributed by atoms with van der Waals surface area (Å²) in [6, 6.07) is 12.6. The van der Waals surface area contributed by atoms with Crippen LogP contribution in [0.4, 0.5) is 10.5 Å². The first-order chi connectivity index (χ1) is 16.0. The molecule has 2 aliphatic heterocycles. The van der Waals surface area contributed by atoms with Crippen molar-refractivity contribution in [1.82, 2.24) is 14.8 Å². The van der Waals surface area contributed by atoms with Gasteiger partial charge in [-0.15, -0.1) is 0 Å². The highest BCUT2D eigenvalue weighted by molar-refractivity contribution is 5.78. The van der Waals surface area contributed by atoms with Crippen molar-refractivity contribution in [2.75, 3.05) is 25.0 Å². The number of piperidine rings is 1. The molecule has 0 radical (unpaired) electrons. The topological polar surface area (TPSA) is 75.6 Å². The SMILES string of the molecule is CCOC(=O)CC1(NC(=O)N2CCC3(CC2)Nc2ccccc2-n2cccc23)CCCCC1. The second-order valence-electron chi connectivity index (χ2n) is 9.73. The normalized spacial score (nSPS) is 20.3. The van der Waals surface area contributed by atoms with E-state index in [0.29, 0.717) is 19.7 Å². The van der Waals surface area contributed by atoms with Gasteiger partial charge < -0.3 is 24.8 Å². The second kappa shape index (κ2) is 8.76. The lowest BCUT2D eigenvalue weighted by Crippen LogP contribution is -2.58. The molecule has 2 amide bonds. The first-order valence-corrected chi connectivity index (χ1v) is 12.3. The fourth-order valence-electron chi connectivity index (χ4n) is 5.93. The average molecular weight is 451 g/mol. The summed E-state index contributed by atoms with van der Waals surface area (Å²) >= 11 is 0. The number of rotatable bonds is 4. The zero-order chi connectivity index (χ0) is 22.9. The largest absolute Gasteiger partial charge is 0.466 e. The minimum absolute atomic E-state index is 0.0531. The molecule has 5 rings (SSSR count). The number of ether oxygens (including phenoxy) is 1. The van der Waals surface area contributed by atoms with E-state index in [2.05, 4.69) is 57.8 Å². The fraction of sp³-hybridized carbons (Fsp3) is 0.538. The Morgan fingerprint density at radius 1 is 1.03 bits per heavy atom. The fourth-order valence-corrected chi connectivity index (χ4v) is 5.93. The molecule has 7 nitrogen and oxygen atoms in total. The molecule has 0 atom stereocenters. The molecule has 1 aliphatic carbocycles. The molecule has 2 fully saturated rings. The minimum Gasteiger partial charge on any atom is -0.466 e. The van der Waals surface area contributed by atoms with Gasteiger partial charge in [-0.25, -0.2) is 4.79 Å². The van der Waals surface area contributed by atoms with E-state index in [1.807, 2.05) is 11.8 Å². The van der Waals surface area contributed by atoms with Crippen molar-refractivity contribution in [2.24, 2.45) is 0 Å². The molecule has 1 aromatic carbocycles. The Morgan fingerprint density at radius 3 is 2.55 bits per heavy atom. The molecular weight excluding hydrogens is 416 g/mol. The summed E-state index contributed by atoms with van der Waals surface area (Å²) in [5.41, 5.74) is 2.90. The standard InChI is InChI=1S/C26H34N4O3/c1-2-33-23(31)19-25(12-6-3-7-13-25)28-24(32)29-17-14-26(15-18-29)22-11-8-16-30(22)21-10-5-4-9-20(21)27-26/h4-5,8-11,16,27H,2-3,6-7,12-15,17-19H2,1H3,(H,28,32). The minimum atomic E-state index is -0.479. The van der Waals surface area contributed by atoms with Gasteiger partial charge in [-0.3, -0.25) is 4.79 Å². The Kier molecular flexibility index (Phi) is 5.81. The Balaban J connectivity index is 1.28. The van der Waals surface area contributed by atoms with Crippen LogP contribution in [0.15, 0.2) is 42.6 Å². The lowest BCUT2D eigenvalue weighted by atomic mass is 9.79. The molecule has 1 saturated heterocycles. The molecule has 1 spiro atoms. The summed E-state index contributed by atoms with van der Waals surface area (Å²) in [4.78, 5) is 27.5. The van der Waals surface area contributed by atoms with Crippen molar-refractivity contribution >= 4 is 17.7 Å². The van der Waals surface area contributed by atoms with Gasteiger partial charge in [0.15, 0.2) is 0 Å². The highest BCUT2D eigenvalue weighted by Crippen LogP contribution is 2.43. The van der Waals surface area contributed by atoms with Crippen molar-refractivity contribution < 1.29 is 14.3 Å². The molecule has 3 aliphatic rings. The molecule has 33 heavy (non-hydrogen) atoms. The average Bonchev–Trinajstić information content (AvgIpc) is 3.32.